The molecule has 1 aromatic rings. The van der Waals surface area contributed by atoms with E-state index in [1.54, 1.807) is 14.2 Å². The van der Waals surface area contributed by atoms with Crippen molar-refractivity contribution < 1.29 is 14.3 Å². The van der Waals surface area contributed by atoms with Crippen molar-refractivity contribution in [2.45, 2.75) is 33.2 Å². The monoisotopic (exact) mass is 277 g/mol. The van der Waals surface area contributed by atoms with Gasteiger partial charge in [0.1, 0.15) is 0 Å². The van der Waals surface area contributed by atoms with Gasteiger partial charge in [-0.15, -0.1) is 0 Å². The largest absolute Gasteiger partial charge is 0.493 e. The summed E-state index contributed by atoms with van der Waals surface area (Å²) in [6, 6.07) is 4.02. The third-order valence-corrected chi connectivity index (χ3v) is 4.06. The number of hydrogen-bond acceptors (Lipinski definition) is 3. The molecular weight excluding hydrogens is 254 g/mol. The molecule has 0 saturated carbocycles. The minimum atomic E-state index is 0.0942. The van der Waals surface area contributed by atoms with Crippen LogP contribution in [0.1, 0.15) is 31.4 Å². The molecule has 2 rings (SSSR count). The van der Waals surface area contributed by atoms with Gasteiger partial charge in [-0.2, -0.15) is 0 Å². The minimum Gasteiger partial charge on any atom is -0.493 e. The van der Waals surface area contributed by atoms with E-state index in [-0.39, 0.29) is 11.8 Å². The van der Waals surface area contributed by atoms with Crippen molar-refractivity contribution in [3.63, 3.8) is 0 Å². The molecule has 0 saturated heterocycles. The maximum atomic E-state index is 12.3. The minimum absolute atomic E-state index is 0.0942. The Hall–Kier alpha value is -1.71. The second-order valence-electron chi connectivity index (χ2n) is 5.29. The fourth-order valence-corrected chi connectivity index (χ4v) is 2.56. The van der Waals surface area contributed by atoms with Crippen LogP contribution in [0, 0.1) is 5.92 Å². The van der Waals surface area contributed by atoms with Gasteiger partial charge in [-0.05, 0) is 36.1 Å². The summed E-state index contributed by atoms with van der Waals surface area (Å²) in [5.41, 5.74) is 2.40. The summed E-state index contributed by atoms with van der Waals surface area (Å²) in [6.45, 7) is 5.49. The van der Waals surface area contributed by atoms with E-state index in [1.165, 1.54) is 5.56 Å². The summed E-state index contributed by atoms with van der Waals surface area (Å²) in [5, 5.41) is 0. The molecular formula is C16H23NO3. The third kappa shape index (κ3) is 2.74. The third-order valence-electron chi connectivity index (χ3n) is 4.06. The number of amides is 1. The average molecular weight is 277 g/mol. The molecule has 110 valence electrons. The van der Waals surface area contributed by atoms with Crippen molar-refractivity contribution in [3.8, 4) is 11.5 Å². The molecule has 1 aliphatic heterocycles. The quantitative estimate of drug-likeness (QED) is 0.849. The Kier molecular flexibility index (Phi) is 4.53. The Morgan fingerprint density at radius 2 is 1.85 bits per heavy atom. The van der Waals surface area contributed by atoms with E-state index in [9.17, 15) is 4.79 Å². The van der Waals surface area contributed by atoms with Gasteiger partial charge in [0.15, 0.2) is 11.5 Å². The molecule has 1 amide bonds. The first-order chi connectivity index (χ1) is 9.60. The van der Waals surface area contributed by atoms with E-state index in [2.05, 4.69) is 0 Å². The molecule has 1 heterocycles. The highest BCUT2D eigenvalue weighted by Gasteiger charge is 2.25. The summed E-state index contributed by atoms with van der Waals surface area (Å²) in [7, 11) is 3.28. The van der Waals surface area contributed by atoms with Gasteiger partial charge in [-0.3, -0.25) is 4.79 Å². The van der Waals surface area contributed by atoms with Gasteiger partial charge in [-0.1, -0.05) is 13.8 Å². The summed E-state index contributed by atoms with van der Waals surface area (Å²) in [4.78, 5) is 14.2. The van der Waals surface area contributed by atoms with E-state index < -0.39 is 0 Å². The highest BCUT2D eigenvalue weighted by Crippen LogP contribution is 2.33. The van der Waals surface area contributed by atoms with E-state index in [0.717, 1.165) is 36.4 Å². The Bertz CT molecular complexity index is 499. The zero-order valence-electron chi connectivity index (χ0n) is 12.7. The van der Waals surface area contributed by atoms with Crippen LogP contribution in [0.15, 0.2) is 12.1 Å². The van der Waals surface area contributed by atoms with Crippen LogP contribution in [0.2, 0.25) is 0 Å². The molecule has 0 radical (unpaired) electrons. The zero-order chi connectivity index (χ0) is 14.7. The SMILES string of the molecule is CCC(C)C(=O)N1CCc2cc(OC)c(OC)cc2C1. The maximum absolute atomic E-state index is 12.3. The predicted octanol–water partition coefficient (Wildman–Crippen LogP) is 2.63. The molecule has 0 spiro atoms. The Morgan fingerprint density at radius 1 is 1.25 bits per heavy atom. The molecule has 1 atom stereocenters. The van der Waals surface area contributed by atoms with Crippen LogP contribution in [0.4, 0.5) is 0 Å². The maximum Gasteiger partial charge on any atom is 0.225 e. The number of fused-ring (bicyclic) bond motifs is 1. The van der Waals surface area contributed by atoms with Crippen molar-refractivity contribution in [1.82, 2.24) is 4.90 Å². The second-order valence-corrected chi connectivity index (χ2v) is 5.29. The summed E-state index contributed by atoms with van der Waals surface area (Å²) in [5.74, 6) is 1.82. The van der Waals surface area contributed by atoms with Gasteiger partial charge in [0.25, 0.3) is 0 Å². The highest BCUT2D eigenvalue weighted by molar-refractivity contribution is 5.78. The molecule has 0 bridgehead atoms. The van der Waals surface area contributed by atoms with E-state index in [0.29, 0.717) is 6.54 Å². The standard InChI is InChI=1S/C16H23NO3/c1-5-11(2)16(18)17-7-6-12-8-14(19-3)15(20-4)9-13(12)10-17/h8-9,11H,5-7,10H2,1-4H3. The van der Waals surface area contributed by atoms with Crippen LogP contribution >= 0.6 is 0 Å². The molecule has 0 aliphatic carbocycles. The highest BCUT2D eigenvalue weighted by atomic mass is 16.5. The van der Waals surface area contributed by atoms with Crippen molar-refractivity contribution in [3.05, 3.63) is 23.3 Å². The fourth-order valence-electron chi connectivity index (χ4n) is 2.56. The van der Waals surface area contributed by atoms with Crippen LogP contribution in [-0.4, -0.2) is 31.6 Å². The first kappa shape index (κ1) is 14.7. The van der Waals surface area contributed by atoms with Crippen LogP contribution in [0.3, 0.4) is 0 Å². The molecule has 1 unspecified atom stereocenters. The zero-order valence-corrected chi connectivity index (χ0v) is 12.7. The van der Waals surface area contributed by atoms with Gasteiger partial charge in [0.05, 0.1) is 14.2 Å². The Morgan fingerprint density at radius 3 is 2.40 bits per heavy atom. The summed E-state index contributed by atoms with van der Waals surface area (Å²) in [6.07, 6.45) is 1.76. The fraction of sp³-hybridized carbons (Fsp3) is 0.562. The topological polar surface area (TPSA) is 38.8 Å². The number of carbonyl (C=O) groups excluding carboxylic acids is 1. The molecule has 0 aromatic heterocycles. The molecule has 20 heavy (non-hydrogen) atoms. The predicted molar refractivity (Wildman–Crippen MR) is 78.1 cm³/mol. The molecule has 1 aromatic carbocycles. The van der Waals surface area contributed by atoms with Crippen molar-refractivity contribution in [1.29, 1.82) is 0 Å². The number of benzene rings is 1. The van der Waals surface area contributed by atoms with E-state index >= 15 is 0 Å². The van der Waals surface area contributed by atoms with Gasteiger partial charge in [0, 0.05) is 19.0 Å². The lowest BCUT2D eigenvalue weighted by molar-refractivity contribution is -0.136. The van der Waals surface area contributed by atoms with E-state index in [1.807, 2.05) is 30.9 Å². The van der Waals surface area contributed by atoms with Gasteiger partial charge >= 0.3 is 0 Å². The lowest BCUT2D eigenvalue weighted by Crippen LogP contribution is -2.38. The van der Waals surface area contributed by atoms with Gasteiger partial charge in [0.2, 0.25) is 5.91 Å². The number of carbonyl (C=O) groups is 1. The number of ether oxygens (including phenoxy) is 2. The lowest BCUT2D eigenvalue weighted by atomic mass is 9.97. The van der Waals surface area contributed by atoms with Crippen LogP contribution in [0.25, 0.3) is 0 Å². The normalized spacial score (nSPS) is 15.5. The average Bonchev–Trinajstić information content (AvgIpc) is 2.51. The second kappa shape index (κ2) is 6.16. The molecule has 0 fully saturated rings. The Balaban J connectivity index is 2.23. The summed E-state index contributed by atoms with van der Waals surface area (Å²) >= 11 is 0. The van der Waals surface area contributed by atoms with Crippen molar-refractivity contribution >= 4 is 5.91 Å². The van der Waals surface area contributed by atoms with Crippen LogP contribution in [0.5, 0.6) is 11.5 Å². The van der Waals surface area contributed by atoms with Crippen LogP contribution < -0.4 is 9.47 Å². The Labute approximate surface area is 120 Å². The smallest absolute Gasteiger partial charge is 0.225 e. The molecule has 4 nitrogen and oxygen atoms in total. The molecule has 1 aliphatic rings. The number of hydrogen-bond donors (Lipinski definition) is 0. The van der Waals surface area contributed by atoms with Gasteiger partial charge in [-0.25, -0.2) is 0 Å². The summed E-state index contributed by atoms with van der Waals surface area (Å²) < 4.78 is 10.7. The number of nitrogens with zero attached hydrogens (tertiary/aromatic N) is 1. The lowest BCUT2D eigenvalue weighted by Gasteiger charge is -2.31. The molecule has 0 N–H and O–H groups in total. The van der Waals surface area contributed by atoms with E-state index in [4.69, 9.17) is 9.47 Å². The molecule has 4 heteroatoms. The number of methoxy groups -OCH3 is 2. The first-order valence-corrected chi connectivity index (χ1v) is 7.13. The van der Waals surface area contributed by atoms with Gasteiger partial charge < -0.3 is 14.4 Å². The number of rotatable bonds is 4. The van der Waals surface area contributed by atoms with Crippen molar-refractivity contribution in [2.24, 2.45) is 5.92 Å². The van der Waals surface area contributed by atoms with Crippen LogP contribution in [-0.2, 0) is 17.8 Å². The van der Waals surface area contributed by atoms with Crippen molar-refractivity contribution in [2.75, 3.05) is 20.8 Å². The first-order valence-electron chi connectivity index (χ1n) is 7.13.